The van der Waals surface area contributed by atoms with Gasteiger partial charge in [0.05, 0.1) is 28.2 Å². The van der Waals surface area contributed by atoms with Crippen molar-refractivity contribution in [2.24, 2.45) is 5.41 Å². The van der Waals surface area contributed by atoms with Gasteiger partial charge in [0.15, 0.2) is 0 Å². The molecule has 0 aliphatic carbocycles. The number of carbonyl (C=O) groups is 3. The number of ether oxygens (including phenoxy) is 1. The number of aromatic hydroxyl groups is 1. The number of nitrogens with zero attached hydrogens (tertiary/aromatic N) is 4. The summed E-state index contributed by atoms with van der Waals surface area (Å²) >= 11 is 7.93. The van der Waals surface area contributed by atoms with Crippen molar-refractivity contribution in [3.8, 4) is 21.9 Å². The van der Waals surface area contributed by atoms with E-state index >= 15 is 0 Å². The number of piperazine rings is 1. The number of alkyl halides is 1. The highest BCUT2D eigenvalue weighted by atomic mass is 35.5. The van der Waals surface area contributed by atoms with Crippen molar-refractivity contribution in [3.63, 3.8) is 0 Å². The van der Waals surface area contributed by atoms with Gasteiger partial charge in [0.2, 0.25) is 17.7 Å². The number of unbranched alkanes of at least 4 members (excludes halogenated alkanes) is 3. The molecule has 378 valence electrons. The van der Waals surface area contributed by atoms with E-state index in [0.29, 0.717) is 51.5 Å². The Morgan fingerprint density at radius 1 is 0.845 bits per heavy atom. The summed E-state index contributed by atoms with van der Waals surface area (Å²) in [5.41, 5.74) is 9.80. The van der Waals surface area contributed by atoms with E-state index in [4.69, 9.17) is 16.3 Å². The summed E-state index contributed by atoms with van der Waals surface area (Å²) in [6.45, 7) is 13.5. The first-order valence-electron chi connectivity index (χ1n) is 25.2. The smallest absolute Gasteiger partial charge is 0.243 e. The molecule has 4 aromatic carbocycles. The molecule has 2 aliphatic rings. The summed E-state index contributed by atoms with van der Waals surface area (Å²) in [4.78, 5) is 52.1. The quantitative estimate of drug-likeness (QED) is 0.0303. The van der Waals surface area contributed by atoms with Gasteiger partial charge in [-0.25, -0.2) is 4.98 Å². The number of nitrogens with one attached hydrogen (secondary N) is 2. The summed E-state index contributed by atoms with van der Waals surface area (Å²) in [6, 6.07) is 32.5. The second kappa shape index (κ2) is 25.7. The Morgan fingerprint density at radius 3 is 2.17 bits per heavy atom. The van der Waals surface area contributed by atoms with Crippen LogP contribution in [0.4, 0.5) is 0 Å². The first kappa shape index (κ1) is 53.2. The van der Waals surface area contributed by atoms with Crippen LogP contribution in [-0.4, -0.2) is 124 Å². The van der Waals surface area contributed by atoms with Crippen molar-refractivity contribution in [2.45, 2.75) is 97.4 Å². The number of thiazole rings is 1. The van der Waals surface area contributed by atoms with Gasteiger partial charge in [0, 0.05) is 64.5 Å². The number of rotatable bonds is 22. The molecule has 3 amide bonds. The number of aliphatic hydroxyl groups is 1. The van der Waals surface area contributed by atoms with Crippen LogP contribution in [-0.2, 0) is 20.9 Å². The highest BCUT2D eigenvalue weighted by Crippen LogP contribution is 2.36. The van der Waals surface area contributed by atoms with E-state index in [-0.39, 0.29) is 36.4 Å². The molecule has 2 fully saturated rings. The molecule has 3 atom stereocenters. The monoisotopic (exact) mass is 1000 g/mol. The summed E-state index contributed by atoms with van der Waals surface area (Å²) < 4.78 is 6.20. The lowest BCUT2D eigenvalue weighted by molar-refractivity contribution is -0.142. The Labute approximate surface area is 429 Å². The molecule has 2 aliphatic heterocycles. The minimum absolute atomic E-state index is 0.123. The van der Waals surface area contributed by atoms with E-state index in [1.165, 1.54) is 0 Å². The first-order chi connectivity index (χ1) is 34.3. The van der Waals surface area contributed by atoms with Crippen molar-refractivity contribution >= 4 is 51.8 Å². The normalized spacial score (nSPS) is 17.2. The average molecular weight is 1000 g/mol. The molecule has 5 aromatic rings. The summed E-state index contributed by atoms with van der Waals surface area (Å²) in [5.74, 6) is 1.25. The van der Waals surface area contributed by atoms with E-state index in [1.54, 1.807) is 28.4 Å². The number of phenolic OH excluding ortho intramolecular Hbond substituents is 1. The number of aromatic nitrogens is 1. The van der Waals surface area contributed by atoms with Crippen LogP contribution in [0.15, 0.2) is 109 Å². The van der Waals surface area contributed by atoms with Crippen molar-refractivity contribution in [3.05, 3.63) is 137 Å². The summed E-state index contributed by atoms with van der Waals surface area (Å²) in [6.07, 6.45) is 4.18. The second-order valence-corrected chi connectivity index (χ2v) is 21.0. The number of allylic oxidation sites excluding steroid dienone is 1. The standard InChI is InChI=1S/C57H71ClN6O6S/c1-40-53(71-39-61-40)45-17-15-41(16-18-45)37-60-55(68)50-36-47(66)38-64(50)56(69)54(57(2,3)4)59-29-11-6-5-10-14-51(67)63-32-30-62(31-33-63)34-35-70-48-25-21-44(22-26-48)52(43-19-23-46(65)24-20-43)49(27-28-58)42-12-8-7-9-13-42/h7-9,12-13,15-26,39,47,50,54,59,65-66H,5-6,10-11,14,27-38H2,1-4H3,(H,60,68)/t47-,50+,54-/m1/s1. The topological polar surface area (TPSA) is 148 Å². The number of amides is 3. The third kappa shape index (κ3) is 14.8. The maximum absolute atomic E-state index is 14.1. The molecule has 4 N–H and O–H groups in total. The fourth-order valence-corrected chi connectivity index (χ4v) is 10.6. The van der Waals surface area contributed by atoms with Crippen LogP contribution in [0.5, 0.6) is 11.5 Å². The van der Waals surface area contributed by atoms with E-state index in [0.717, 1.165) is 101 Å². The molecule has 71 heavy (non-hydrogen) atoms. The number of carbonyl (C=O) groups excluding carboxylic acids is 3. The number of halogens is 1. The molecule has 0 spiro atoms. The lowest BCUT2D eigenvalue weighted by Crippen LogP contribution is -2.56. The van der Waals surface area contributed by atoms with Crippen LogP contribution in [0, 0.1) is 12.3 Å². The van der Waals surface area contributed by atoms with Gasteiger partial charge in [0.25, 0.3) is 0 Å². The van der Waals surface area contributed by atoms with Crippen LogP contribution in [0.25, 0.3) is 21.6 Å². The molecule has 14 heteroatoms. The number of aryl methyl sites for hydroxylation is 1. The van der Waals surface area contributed by atoms with E-state index < -0.39 is 23.6 Å². The minimum atomic E-state index is -0.765. The molecule has 0 radical (unpaired) electrons. The number of phenols is 1. The molecule has 7 rings (SSSR count). The van der Waals surface area contributed by atoms with Crippen LogP contribution in [0.1, 0.15) is 93.7 Å². The number of aliphatic hydroxyl groups excluding tert-OH is 1. The first-order valence-corrected chi connectivity index (χ1v) is 26.6. The van der Waals surface area contributed by atoms with Crippen LogP contribution in [0.3, 0.4) is 0 Å². The van der Waals surface area contributed by atoms with Gasteiger partial charge < -0.3 is 35.4 Å². The molecule has 1 aromatic heterocycles. The van der Waals surface area contributed by atoms with E-state index in [1.807, 2.05) is 105 Å². The van der Waals surface area contributed by atoms with Gasteiger partial charge in [-0.2, -0.15) is 0 Å². The number of benzene rings is 4. The number of likely N-dealkylation sites (tertiary alicyclic amines) is 1. The van der Waals surface area contributed by atoms with Gasteiger partial charge >= 0.3 is 0 Å². The predicted octanol–water partition coefficient (Wildman–Crippen LogP) is 9.17. The fourth-order valence-electron chi connectivity index (χ4n) is 9.58. The zero-order chi connectivity index (χ0) is 50.3. The molecule has 0 unspecified atom stereocenters. The molecule has 0 saturated carbocycles. The van der Waals surface area contributed by atoms with Gasteiger partial charge in [-0.15, -0.1) is 22.9 Å². The van der Waals surface area contributed by atoms with Crippen LogP contribution >= 0.6 is 22.9 Å². The van der Waals surface area contributed by atoms with E-state index in [9.17, 15) is 24.6 Å². The van der Waals surface area contributed by atoms with Crippen LogP contribution in [0.2, 0.25) is 0 Å². The molecule has 3 heterocycles. The second-order valence-electron chi connectivity index (χ2n) is 19.8. The summed E-state index contributed by atoms with van der Waals surface area (Å²) in [5, 5.41) is 27.1. The maximum Gasteiger partial charge on any atom is 0.243 e. The third-order valence-corrected chi connectivity index (χ3v) is 14.7. The zero-order valence-corrected chi connectivity index (χ0v) is 43.3. The van der Waals surface area contributed by atoms with Gasteiger partial charge in [-0.1, -0.05) is 112 Å². The Kier molecular flexibility index (Phi) is 19.3. The highest BCUT2D eigenvalue weighted by molar-refractivity contribution is 7.13. The summed E-state index contributed by atoms with van der Waals surface area (Å²) in [7, 11) is 0. The fraction of sp³-hybridized carbons (Fsp3) is 0.439. The Bertz CT molecular complexity index is 2520. The largest absolute Gasteiger partial charge is 0.508 e. The van der Waals surface area contributed by atoms with Crippen molar-refractivity contribution in [1.82, 2.24) is 30.3 Å². The Morgan fingerprint density at radius 2 is 1.52 bits per heavy atom. The molecule has 0 bridgehead atoms. The Hall–Kier alpha value is -5.57. The van der Waals surface area contributed by atoms with Crippen molar-refractivity contribution < 1.29 is 29.3 Å². The zero-order valence-electron chi connectivity index (χ0n) is 41.7. The number of β-amino-alcohol motifs (C(OH)–C–C–N with tert-alkyl or cyclic N) is 1. The van der Waals surface area contributed by atoms with Gasteiger partial charge in [-0.3, -0.25) is 19.3 Å². The molecular formula is C57H71ClN6O6S. The number of hydrogen-bond acceptors (Lipinski definition) is 10. The van der Waals surface area contributed by atoms with Crippen molar-refractivity contribution in [1.29, 1.82) is 0 Å². The Balaban J connectivity index is 0.791. The predicted molar refractivity (Wildman–Crippen MR) is 285 cm³/mol. The molecule has 2 saturated heterocycles. The molecular weight excluding hydrogens is 932 g/mol. The average Bonchev–Trinajstić information content (AvgIpc) is 3.99. The minimum Gasteiger partial charge on any atom is -0.508 e. The number of hydrogen-bond donors (Lipinski definition) is 4. The van der Waals surface area contributed by atoms with E-state index in [2.05, 4.69) is 44.8 Å². The van der Waals surface area contributed by atoms with Crippen molar-refractivity contribution in [2.75, 3.05) is 58.3 Å². The lowest BCUT2D eigenvalue weighted by atomic mass is 9.85. The molecule has 12 nitrogen and oxygen atoms in total. The lowest BCUT2D eigenvalue weighted by Gasteiger charge is -2.35. The van der Waals surface area contributed by atoms with Gasteiger partial charge in [-0.05, 0) is 101 Å². The maximum atomic E-state index is 14.1. The third-order valence-electron chi connectivity index (χ3n) is 13.5. The SMILES string of the molecule is Cc1ncsc1-c1ccc(CNC(=O)[C@@H]2C[C@@H](O)CN2C(=O)[C@@H](NCCCCCCC(=O)N2CCN(CCOc3ccc(C(=C(CCCl)c4ccccc4)c4ccc(O)cc4)cc3)CC2)C(C)(C)C)cc1. The van der Waals surface area contributed by atoms with Crippen LogP contribution < -0.4 is 15.4 Å². The highest BCUT2D eigenvalue weighted by Gasteiger charge is 2.43. The van der Waals surface area contributed by atoms with Gasteiger partial charge in [0.1, 0.15) is 24.1 Å².